The number of fused-ring (bicyclic) bond motifs is 6. The van der Waals surface area contributed by atoms with Gasteiger partial charge in [0.1, 0.15) is 28.6 Å². The molecule has 0 fully saturated rings. The van der Waals surface area contributed by atoms with E-state index in [2.05, 4.69) is 101 Å². The van der Waals surface area contributed by atoms with E-state index in [-0.39, 0.29) is 0 Å². The molecule has 0 atom stereocenters. The van der Waals surface area contributed by atoms with Gasteiger partial charge >= 0.3 is 0 Å². The number of hydrogen-bond donors (Lipinski definition) is 0. The number of aryl methyl sites for hydroxylation is 6. The molecule has 74 heavy (non-hydrogen) atoms. The Hall–Kier alpha value is -8.78. The molecular weight excluding hydrogens is 933 g/mol. The smallest absolute Gasteiger partial charge is 0.285 e. The Kier molecular flexibility index (Phi) is 11.3. The van der Waals surface area contributed by atoms with Gasteiger partial charge in [-0.15, -0.1) is 0 Å². The molecule has 12 rings (SSSR count). The molecule has 0 aliphatic rings. The fraction of sp³-hybridized carbons (Fsp3) is 0.233. The zero-order valence-corrected chi connectivity index (χ0v) is 43.2. The summed E-state index contributed by atoms with van der Waals surface area (Å²) in [6.07, 6.45) is 12.3. The number of aromatic nitrogens is 6. The first-order chi connectivity index (χ1) is 36.0. The monoisotopic (exact) mass is 988 g/mol. The molecular formula is C60H56N6O8. The predicted molar refractivity (Wildman–Crippen MR) is 288 cm³/mol. The number of rotatable bonds is 15. The van der Waals surface area contributed by atoms with Crippen molar-refractivity contribution in [1.29, 1.82) is 0 Å². The van der Waals surface area contributed by atoms with Crippen molar-refractivity contribution in [2.45, 2.75) is 69.2 Å². The van der Waals surface area contributed by atoms with Crippen LogP contribution in [0, 0.1) is 41.5 Å². The highest BCUT2D eigenvalue weighted by molar-refractivity contribution is 6.16. The molecule has 0 aliphatic heterocycles. The van der Waals surface area contributed by atoms with E-state index < -0.39 is 0 Å². The maximum Gasteiger partial charge on any atom is 0.285 e. The zero-order valence-electron chi connectivity index (χ0n) is 43.2. The summed E-state index contributed by atoms with van der Waals surface area (Å²) in [4.78, 5) is 10.2. The van der Waals surface area contributed by atoms with Gasteiger partial charge < -0.3 is 45.8 Å². The summed E-state index contributed by atoms with van der Waals surface area (Å²) in [7, 11) is 0. The van der Waals surface area contributed by atoms with Crippen LogP contribution in [0.2, 0.25) is 0 Å². The molecule has 14 nitrogen and oxygen atoms in total. The number of hydrogen-bond acceptors (Lipinski definition) is 10. The van der Waals surface area contributed by atoms with E-state index in [9.17, 15) is 0 Å². The molecule has 0 N–H and O–H groups in total. The Bertz CT molecular complexity index is 4060. The fourth-order valence-electron chi connectivity index (χ4n) is 10.9. The minimum atomic E-state index is 0.442. The second-order valence-corrected chi connectivity index (χ2v) is 18.7. The number of furan rings is 4. The Morgan fingerprint density at radius 3 is 1.50 bits per heavy atom. The lowest BCUT2D eigenvalue weighted by molar-refractivity contribution is 0.259. The van der Waals surface area contributed by atoms with Crippen molar-refractivity contribution in [1.82, 2.24) is 28.5 Å². The first kappa shape index (κ1) is 46.3. The molecule has 12 aromatic rings. The van der Waals surface area contributed by atoms with Crippen LogP contribution in [-0.4, -0.2) is 54.9 Å². The van der Waals surface area contributed by atoms with Crippen molar-refractivity contribution in [3.63, 3.8) is 0 Å². The Balaban J connectivity index is 1.13. The van der Waals surface area contributed by atoms with Gasteiger partial charge in [0.15, 0.2) is 0 Å². The number of nitrogens with zero attached hydrogens (tertiary/aromatic N) is 6. The van der Waals surface area contributed by atoms with Crippen LogP contribution in [0.1, 0.15) is 61.2 Å². The van der Waals surface area contributed by atoms with Gasteiger partial charge in [-0.1, -0.05) is 12.1 Å². The third-order valence-electron chi connectivity index (χ3n) is 13.7. The minimum absolute atomic E-state index is 0.442. The van der Waals surface area contributed by atoms with Crippen molar-refractivity contribution < 1.29 is 36.6 Å². The summed E-state index contributed by atoms with van der Waals surface area (Å²) < 4.78 is 57.8. The number of pyridine rings is 2. The summed E-state index contributed by atoms with van der Waals surface area (Å²) in [5.74, 6) is 4.42. The molecule has 0 unspecified atom stereocenters. The lowest BCUT2D eigenvalue weighted by Crippen LogP contribution is -2.11. The van der Waals surface area contributed by atoms with Gasteiger partial charge in [-0.3, -0.25) is 9.97 Å². The van der Waals surface area contributed by atoms with Crippen molar-refractivity contribution in [2.75, 3.05) is 26.4 Å². The van der Waals surface area contributed by atoms with Crippen LogP contribution in [-0.2, 0) is 0 Å². The average molecular weight is 989 g/mol. The Morgan fingerprint density at radius 2 is 0.946 bits per heavy atom. The second kappa shape index (κ2) is 18.1. The van der Waals surface area contributed by atoms with Crippen LogP contribution < -0.4 is 18.9 Å². The highest BCUT2D eigenvalue weighted by atomic mass is 16.6. The number of benzene rings is 2. The molecule has 0 bridgehead atoms. The molecule has 0 saturated heterocycles. The summed E-state index contributed by atoms with van der Waals surface area (Å²) in [6.45, 7) is 22.5. The number of ether oxygens (including phenoxy) is 4. The van der Waals surface area contributed by atoms with Crippen LogP contribution in [0.3, 0.4) is 0 Å². The highest BCUT2D eigenvalue weighted by Gasteiger charge is 2.29. The summed E-state index contributed by atoms with van der Waals surface area (Å²) >= 11 is 0. The maximum atomic E-state index is 6.44. The van der Waals surface area contributed by atoms with Crippen LogP contribution in [0.4, 0.5) is 0 Å². The van der Waals surface area contributed by atoms with Crippen molar-refractivity contribution in [3.8, 4) is 80.5 Å². The summed E-state index contributed by atoms with van der Waals surface area (Å²) in [6, 6.07) is 24.2. The summed E-state index contributed by atoms with van der Waals surface area (Å²) in [5.41, 5.74) is 16.3. The van der Waals surface area contributed by atoms with Gasteiger partial charge in [0.05, 0.1) is 65.3 Å². The van der Waals surface area contributed by atoms with Crippen molar-refractivity contribution in [3.05, 3.63) is 143 Å². The van der Waals surface area contributed by atoms with Crippen molar-refractivity contribution >= 4 is 43.7 Å². The van der Waals surface area contributed by atoms with Gasteiger partial charge in [0.2, 0.25) is 0 Å². The molecule has 14 heteroatoms. The topological polar surface area (TPSA) is 135 Å². The normalized spacial score (nSPS) is 11.9. The van der Waals surface area contributed by atoms with Gasteiger partial charge in [0.25, 0.3) is 23.8 Å². The molecule has 0 radical (unpaired) electrons. The van der Waals surface area contributed by atoms with Gasteiger partial charge in [-0.25, -0.2) is 9.35 Å². The quantitative estimate of drug-likeness (QED) is 0.0977. The van der Waals surface area contributed by atoms with Crippen molar-refractivity contribution in [2.24, 2.45) is 0 Å². The lowest BCUT2D eigenvalue weighted by atomic mass is 10.0. The first-order valence-corrected chi connectivity index (χ1v) is 25.2. The van der Waals surface area contributed by atoms with Gasteiger partial charge in [0, 0.05) is 100 Å². The van der Waals surface area contributed by atoms with Crippen LogP contribution in [0.5, 0.6) is 23.8 Å². The maximum absolute atomic E-state index is 6.44. The lowest BCUT2D eigenvalue weighted by Gasteiger charge is -2.18. The predicted octanol–water partition coefficient (Wildman–Crippen LogP) is 15.1. The van der Waals surface area contributed by atoms with Crippen LogP contribution in [0.25, 0.3) is 100 Å². The molecule has 374 valence electrons. The van der Waals surface area contributed by atoms with E-state index >= 15 is 0 Å². The molecule has 10 heterocycles. The second-order valence-electron chi connectivity index (χ2n) is 18.7. The molecule has 0 amide bonds. The molecule has 2 aromatic carbocycles. The van der Waals surface area contributed by atoms with E-state index in [1.54, 1.807) is 0 Å². The van der Waals surface area contributed by atoms with E-state index in [1.807, 2.05) is 96.4 Å². The third-order valence-corrected chi connectivity index (χ3v) is 13.7. The zero-order chi connectivity index (χ0) is 51.1. The van der Waals surface area contributed by atoms with E-state index in [1.165, 1.54) is 0 Å². The van der Waals surface area contributed by atoms with Crippen LogP contribution in [0.15, 0.2) is 128 Å². The largest absolute Gasteiger partial charge is 0.465 e. The highest BCUT2D eigenvalue weighted by Crippen LogP contribution is 2.47. The van der Waals surface area contributed by atoms with E-state index in [0.717, 1.165) is 111 Å². The third kappa shape index (κ3) is 7.37. The van der Waals surface area contributed by atoms with Gasteiger partial charge in [-0.2, -0.15) is 0 Å². The SMILES string of the molecule is CCOc1ccc(-c2cn(-c3c(C)cc(C)c4c3c3nc(C)ccc3n4-n3c4ccncc4c4c(-n5cc(-c6ccc(OCC)o6)c(-c6oc(OCC)cc6C)c5)c(C)cc(C)c43)cc2-c2ccc(OCC)o2)o1. The first-order valence-electron chi connectivity index (χ1n) is 25.2. The molecule has 0 aliphatic carbocycles. The molecule has 0 spiro atoms. The molecule has 0 saturated carbocycles. The summed E-state index contributed by atoms with van der Waals surface area (Å²) in [5, 5.41) is 3.02. The van der Waals surface area contributed by atoms with Gasteiger partial charge in [-0.05, 0) is 133 Å². The average Bonchev–Trinajstić information content (AvgIpc) is 4.26. The fourth-order valence-corrected chi connectivity index (χ4v) is 10.9. The van der Waals surface area contributed by atoms with E-state index in [4.69, 9.17) is 46.6 Å². The molecule has 10 aromatic heterocycles. The Morgan fingerprint density at radius 1 is 0.459 bits per heavy atom. The standard InChI is InChI=1S/C60H56N6O8/c1-11-67-49-20-17-46(71-49)40-29-63(30-41(40)47-18-21-50(72-47)68-12-2)57-34(6)26-36(8)59-54(57)55-45(16-15-38(10)62-55)66(59)65-44-23-24-61-28-39(44)53-56(33(5)25-35(7)58(53)65)64-31-42(48-19-22-51(73-48)69-13-3)43(32-64)60-37(9)27-52(74-60)70-14-4/h15-32H,11-14H2,1-10H3. The van der Waals surface area contributed by atoms with Crippen LogP contribution >= 0.6 is 0 Å². The van der Waals surface area contributed by atoms with E-state index in [0.29, 0.717) is 73.3 Å². The Labute approximate surface area is 426 Å². The minimum Gasteiger partial charge on any atom is -0.465 e.